The molecule has 26 heavy (non-hydrogen) atoms. The summed E-state index contributed by atoms with van der Waals surface area (Å²) < 4.78 is 27.1. The van der Waals surface area contributed by atoms with Crippen LogP contribution in [0.15, 0.2) is 46.6 Å². The number of hydrogen-bond acceptors (Lipinski definition) is 6. The Kier molecular flexibility index (Phi) is 4.54. The zero-order chi connectivity index (χ0) is 19.1. The zero-order valence-corrected chi connectivity index (χ0v) is 16.3. The summed E-state index contributed by atoms with van der Waals surface area (Å²) in [6, 6.07) is 7.32. The summed E-state index contributed by atoms with van der Waals surface area (Å²) in [5, 5.41) is 9.36. The first-order chi connectivity index (χ1) is 12.2. The Morgan fingerprint density at radius 3 is 2.73 bits per heavy atom. The third-order valence-corrected chi connectivity index (χ3v) is 6.28. The second-order valence-corrected chi connectivity index (χ2v) is 9.25. The predicted octanol–water partition coefficient (Wildman–Crippen LogP) is 3.28. The van der Waals surface area contributed by atoms with Crippen molar-refractivity contribution in [2.24, 2.45) is 0 Å². The maximum absolute atomic E-state index is 12.7. The van der Waals surface area contributed by atoms with E-state index in [0.29, 0.717) is 16.9 Å². The maximum Gasteiger partial charge on any atom is 0.180 e. The normalized spacial score (nSPS) is 12.3. The monoisotopic (exact) mass is 386 g/mol. The molecule has 134 valence electrons. The molecule has 0 aliphatic rings. The molecule has 0 unspecified atom stereocenters. The fraction of sp³-hybridized carbons (Fsp3) is 0.278. The lowest BCUT2D eigenvalue weighted by Crippen LogP contribution is -2.16. The van der Waals surface area contributed by atoms with Crippen LogP contribution in [0.5, 0.6) is 0 Å². The molecule has 0 saturated carbocycles. The second kappa shape index (κ2) is 6.41. The largest absolute Gasteiger partial charge is 0.306 e. The molecule has 0 saturated heterocycles. The number of imidazole rings is 1. The highest BCUT2D eigenvalue weighted by molar-refractivity contribution is 7.91. The Morgan fingerprint density at radius 1 is 1.35 bits per heavy atom. The van der Waals surface area contributed by atoms with Crippen LogP contribution in [0.25, 0.3) is 17.0 Å². The summed E-state index contributed by atoms with van der Waals surface area (Å²) in [4.78, 5) is 9.71. The van der Waals surface area contributed by atoms with Gasteiger partial charge >= 0.3 is 0 Å². The predicted molar refractivity (Wildman–Crippen MR) is 102 cm³/mol. The Morgan fingerprint density at radius 2 is 2.08 bits per heavy atom. The summed E-state index contributed by atoms with van der Waals surface area (Å²) in [7, 11) is -3.55. The van der Waals surface area contributed by atoms with E-state index in [2.05, 4.69) is 28.7 Å². The lowest BCUT2D eigenvalue weighted by Gasteiger charge is -2.17. The number of thiol groups is 1. The van der Waals surface area contributed by atoms with Gasteiger partial charge in [-0.25, -0.2) is 13.4 Å². The van der Waals surface area contributed by atoms with Gasteiger partial charge in [0.1, 0.15) is 17.0 Å². The molecule has 3 aromatic rings. The molecular weight excluding hydrogens is 368 g/mol. The van der Waals surface area contributed by atoms with Crippen molar-refractivity contribution in [3.63, 3.8) is 0 Å². The standard InChI is InChI=1S/C18H18N4O2S2/c1-4-26(23,24)15-7-12(18(2,3)11-19)9-20-17(15)14-10-22-6-5-13(25)8-16(22)21-14/h5-10,25H,4H2,1-3H3. The van der Waals surface area contributed by atoms with Crippen molar-refractivity contribution in [1.82, 2.24) is 14.4 Å². The van der Waals surface area contributed by atoms with Crippen molar-refractivity contribution in [3.8, 4) is 17.5 Å². The number of rotatable bonds is 4. The maximum atomic E-state index is 12.7. The van der Waals surface area contributed by atoms with Crippen LogP contribution in [0, 0.1) is 11.3 Å². The number of nitriles is 1. The van der Waals surface area contributed by atoms with Crippen LogP contribution in [-0.4, -0.2) is 28.5 Å². The quantitative estimate of drug-likeness (QED) is 0.695. The molecular formula is C18H18N4O2S2. The van der Waals surface area contributed by atoms with Crippen molar-refractivity contribution < 1.29 is 8.42 Å². The first kappa shape index (κ1) is 18.4. The summed E-state index contributed by atoms with van der Waals surface area (Å²) in [6.45, 7) is 5.04. The highest BCUT2D eigenvalue weighted by Gasteiger charge is 2.27. The number of sulfone groups is 1. The van der Waals surface area contributed by atoms with E-state index in [0.717, 1.165) is 4.90 Å². The first-order valence-electron chi connectivity index (χ1n) is 8.00. The molecule has 8 heteroatoms. The van der Waals surface area contributed by atoms with E-state index >= 15 is 0 Å². The van der Waals surface area contributed by atoms with Crippen LogP contribution >= 0.6 is 12.6 Å². The molecule has 0 bridgehead atoms. The topological polar surface area (TPSA) is 88.1 Å². The lowest BCUT2D eigenvalue weighted by atomic mass is 9.87. The first-order valence-corrected chi connectivity index (χ1v) is 10.1. The van der Waals surface area contributed by atoms with E-state index < -0.39 is 15.3 Å². The molecule has 3 heterocycles. The van der Waals surface area contributed by atoms with Crippen molar-refractivity contribution in [2.45, 2.75) is 36.0 Å². The molecule has 3 aromatic heterocycles. The average Bonchev–Trinajstić information content (AvgIpc) is 3.04. The van der Waals surface area contributed by atoms with E-state index in [-0.39, 0.29) is 16.3 Å². The molecule has 0 radical (unpaired) electrons. The van der Waals surface area contributed by atoms with Crippen LogP contribution in [0.3, 0.4) is 0 Å². The van der Waals surface area contributed by atoms with Gasteiger partial charge in [-0.2, -0.15) is 5.26 Å². The molecule has 0 atom stereocenters. The Hall–Kier alpha value is -2.37. The van der Waals surface area contributed by atoms with E-state index in [1.54, 1.807) is 55.9 Å². The molecule has 0 aliphatic heterocycles. The molecule has 0 aliphatic carbocycles. The lowest BCUT2D eigenvalue weighted by molar-refractivity contribution is 0.596. The number of aromatic nitrogens is 3. The minimum absolute atomic E-state index is 0.0632. The number of nitrogens with zero attached hydrogens (tertiary/aromatic N) is 4. The summed E-state index contributed by atoms with van der Waals surface area (Å²) >= 11 is 4.30. The van der Waals surface area contributed by atoms with E-state index in [4.69, 9.17) is 0 Å². The highest BCUT2D eigenvalue weighted by atomic mass is 32.2. The van der Waals surface area contributed by atoms with Gasteiger partial charge in [-0.15, -0.1) is 12.6 Å². The molecule has 3 rings (SSSR count). The van der Waals surface area contributed by atoms with E-state index in [1.807, 2.05) is 6.07 Å². The third-order valence-electron chi connectivity index (χ3n) is 4.26. The molecule has 0 N–H and O–H groups in total. The van der Waals surface area contributed by atoms with Gasteiger partial charge in [-0.3, -0.25) is 4.98 Å². The summed E-state index contributed by atoms with van der Waals surface area (Å²) in [5.74, 6) is -0.0632. The van der Waals surface area contributed by atoms with E-state index in [9.17, 15) is 13.7 Å². The molecule has 0 spiro atoms. The van der Waals surface area contributed by atoms with Gasteiger partial charge in [-0.1, -0.05) is 6.92 Å². The van der Waals surface area contributed by atoms with Crippen LogP contribution < -0.4 is 0 Å². The van der Waals surface area contributed by atoms with Gasteiger partial charge in [0, 0.05) is 23.5 Å². The van der Waals surface area contributed by atoms with Crippen LogP contribution in [0.4, 0.5) is 0 Å². The molecule has 0 fully saturated rings. The average molecular weight is 387 g/mol. The summed E-state index contributed by atoms with van der Waals surface area (Å²) in [5.41, 5.74) is 1.10. The Labute approximate surface area is 157 Å². The number of pyridine rings is 2. The van der Waals surface area contributed by atoms with Crippen molar-refractivity contribution in [2.75, 3.05) is 5.75 Å². The number of fused-ring (bicyclic) bond motifs is 1. The molecule has 0 aromatic carbocycles. The van der Waals surface area contributed by atoms with Gasteiger partial charge in [0.2, 0.25) is 0 Å². The Balaban J connectivity index is 2.27. The van der Waals surface area contributed by atoms with Gasteiger partial charge in [-0.05, 0) is 37.6 Å². The fourth-order valence-corrected chi connectivity index (χ4v) is 3.77. The van der Waals surface area contributed by atoms with Gasteiger partial charge < -0.3 is 4.40 Å². The van der Waals surface area contributed by atoms with E-state index in [1.165, 1.54) is 0 Å². The minimum atomic E-state index is -3.55. The number of hydrogen-bond donors (Lipinski definition) is 1. The van der Waals surface area contributed by atoms with Crippen molar-refractivity contribution in [1.29, 1.82) is 5.26 Å². The van der Waals surface area contributed by atoms with Crippen molar-refractivity contribution >= 4 is 28.1 Å². The van der Waals surface area contributed by atoms with Crippen LogP contribution in [-0.2, 0) is 15.3 Å². The highest BCUT2D eigenvalue weighted by Crippen LogP contribution is 2.31. The molecule has 0 amide bonds. The second-order valence-electron chi connectivity index (χ2n) is 6.49. The minimum Gasteiger partial charge on any atom is -0.306 e. The fourth-order valence-electron chi connectivity index (χ4n) is 2.52. The van der Waals surface area contributed by atoms with Crippen LogP contribution in [0.2, 0.25) is 0 Å². The van der Waals surface area contributed by atoms with Gasteiger partial charge in [0.25, 0.3) is 0 Å². The van der Waals surface area contributed by atoms with Crippen molar-refractivity contribution in [3.05, 3.63) is 42.4 Å². The van der Waals surface area contributed by atoms with Crippen LogP contribution in [0.1, 0.15) is 26.3 Å². The molecule has 6 nitrogen and oxygen atoms in total. The third kappa shape index (κ3) is 3.20. The Bertz CT molecular complexity index is 1140. The van der Waals surface area contributed by atoms with Gasteiger partial charge in [0.15, 0.2) is 9.84 Å². The SMILES string of the molecule is CCS(=O)(=O)c1cc(C(C)(C)C#N)cnc1-c1cn2ccc(S)cc2n1. The van der Waals surface area contributed by atoms with Gasteiger partial charge in [0.05, 0.1) is 22.1 Å². The summed E-state index contributed by atoms with van der Waals surface area (Å²) in [6.07, 6.45) is 5.07. The zero-order valence-electron chi connectivity index (χ0n) is 14.6. The smallest absolute Gasteiger partial charge is 0.180 e.